The summed E-state index contributed by atoms with van der Waals surface area (Å²) in [5.41, 5.74) is 0.331. The van der Waals surface area contributed by atoms with Gasteiger partial charge in [-0.3, -0.25) is 9.59 Å². The van der Waals surface area contributed by atoms with Crippen molar-refractivity contribution in [1.29, 1.82) is 5.26 Å². The number of amides is 2. The van der Waals surface area contributed by atoms with Gasteiger partial charge in [0.25, 0.3) is 5.91 Å². The standard InChI is InChI=1S/C22H18ClFN6O2/c23-15-3-1-2-14(10-15)11-18(21(32)28-22(13-25)8-9-22)27-20(31)19-12-26-30(29-19)17-6-4-16(24)5-7-17/h1-7,10,12,18H,8-9,11H2,(H,27,31)(H,28,32)/t18-/m0/s1. The third-order valence-electron chi connectivity index (χ3n) is 5.06. The van der Waals surface area contributed by atoms with Gasteiger partial charge in [0.15, 0.2) is 5.69 Å². The highest BCUT2D eigenvalue weighted by Crippen LogP contribution is 2.34. The molecule has 162 valence electrons. The summed E-state index contributed by atoms with van der Waals surface area (Å²) in [5.74, 6) is -1.48. The maximum Gasteiger partial charge on any atom is 0.274 e. The van der Waals surface area contributed by atoms with Gasteiger partial charge in [-0.05, 0) is 54.8 Å². The summed E-state index contributed by atoms with van der Waals surface area (Å²) >= 11 is 6.04. The van der Waals surface area contributed by atoms with Crippen LogP contribution in [-0.2, 0) is 11.2 Å². The number of benzene rings is 2. The Morgan fingerprint density at radius 1 is 1.25 bits per heavy atom. The predicted octanol–water partition coefficient (Wildman–Crippen LogP) is 2.57. The lowest BCUT2D eigenvalue weighted by molar-refractivity contribution is -0.123. The molecule has 3 aromatic rings. The zero-order valence-corrected chi connectivity index (χ0v) is 17.5. The first kappa shape index (κ1) is 21.5. The van der Waals surface area contributed by atoms with Crippen molar-refractivity contribution in [3.63, 3.8) is 0 Å². The molecule has 1 saturated carbocycles. The van der Waals surface area contributed by atoms with Crippen LogP contribution in [0.1, 0.15) is 28.9 Å². The van der Waals surface area contributed by atoms with Gasteiger partial charge >= 0.3 is 0 Å². The fourth-order valence-electron chi connectivity index (χ4n) is 3.12. The summed E-state index contributed by atoms with van der Waals surface area (Å²) in [6.45, 7) is 0. The Morgan fingerprint density at radius 3 is 2.66 bits per heavy atom. The summed E-state index contributed by atoms with van der Waals surface area (Å²) in [6, 6.07) is 13.6. The minimum atomic E-state index is -0.956. The van der Waals surface area contributed by atoms with Crippen LogP contribution in [0.5, 0.6) is 0 Å². The third-order valence-corrected chi connectivity index (χ3v) is 5.29. The molecule has 2 N–H and O–H groups in total. The molecule has 1 fully saturated rings. The average molecular weight is 453 g/mol. The molecule has 32 heavy (non-hydrogen) atoms. The number of aromatic nitrogens is 3. The number of nitrogens with zero attached hydrogens (tertiary/aromatic N) is 4. The van der Waals surface area contributed by atoms with Gasteiger partial charge in [0.05, 0.1) is 18.0 Å². The van der Waals surface area contributed by atoms with Crippen LogP contribution < -0.4 is 10.6 Å². The fraction of sp³-hybridized carbons (Fsp3) is 0.227. The molecule has 10 heteroatoms. The monoisotopic (exact) mass is 452 g/mol. The van der Waals surface area contributed by atoms with Crippen molar-refractivity contribution in [1.82, 2.24) is 25.6 Å². The Bertz CT molecular complexity index is 1200. The minimum Gasteiger partial charge on any atom is -0.338 e. The Kier molecular flexibility index (Phi) is 5.88. The quantitative estimate of drug-likeness (QED) is 0.572. The van der Waals surface area contributed by atoms with Gasteiger partial charge in [0.1, 0.15) is 17.4 Å². The smallest absolute Gasteiger partial charge is 0.274 e. The number of hydrogen-bond acceptors (Lipinski definition) is 5. The van der Waals surface area contributed by atoms with Crippen LogP contribution in [0, 0.1) is 17.1 Å². The van der Waals surface area contributed by atoms with Crippen LogP contribution in [0.4, 0.5) is 4.39 Å². The molecular formula is C22H18ClFN6O2. The van der Waals surface area contributed by atoms with Gasteiger partial charge < -0.3 is 10.6 Å². The molecule has 1 aliphatic carbocycles. The Balaban J connectivity index is 1.52. The molecule has 0 aliphatic heterocycles. The second-order valence-electron chi connectivity index (χ2n) is 7.54. The number of nitriles is 1. The van der Waals surface area contributed by atoms with Crippen LogP contribution in [-0.4, -0.2) is 38.4 Å². The van der Waals surface area contributed by atoms with Gasteiger partial charge in [-0.25, -0.2) is 4.39 Å². The minimum absolute atomic E-state index is 0.0142. The molecule has 1 aliphatic rings. The second-order valence-corrected chi connectivity index (χ2v) is 7.98. The van der Waals surface area contributed by atoms with E-state index in [0.717, 1.165) is 5.56 Å². The van der Waals surface area contributed by atoms with Crippen molar-refractivity contribution in [3.8, 4) is 11.8 Å². The first-order chi connectivity index (χ1) is 15.4. The predicted molar refractivity (Wildman–Crippen MR) is 113 cm³/mol. The number of hydrogen-bond donors (Lipinski definition) is 2. The molecule has 4 rings (SSSR count). The molecule has 1 aromatic heterocycles. The molecule has 8 nitrogen and oxygen atoms in total. The highest BCUT2D eigenvalue weighted by atomic mass is 35.5. The van der Waals surface area contributed by atoms with Gasteiger partial charge in [-0.15, -0.1) is 5.10 Å². The summed E-state index contributed by atoms with van der Waals surface area (Å²) in [4.78, 5) is 26.9. The van der Waals surface area contributed by atoms with Crippen molar-refractivity contribution in [2.24, 2.45) is 0 Å². The van der Waals surface area contributed by atoms with Crippen molar-refractivity contribution in [2.75, 3.05) is 0 Å². The van der Waals surface area contributed by atoms with Gasteiger partial charge in [0, 0.05) is 11.4 Å². The van der Waals surface area contributed by atoms with E-state index in [9.17, 15) is 19.2 Å². The van der Waals surface area contributed by atoms with E-state index < -0.39 is 29.2 Å². The number of halogens is 2. The fourth-order valence-corrected chi connectivity index (χ4v) is 3.33. The van der Waals surface area contributed by atoms with E-state index in [1.165, 1.54) is 35.3 Å². The maximum absolute atomic E-state index is 13.1. The zero-order chi connectivity index (χ0) is 22.7. The van der Waals surface area contributed by atoms with E-state index in [-0.39, 0.29) is 12.1 Å². The number of carbonyl (C=O) groups excluding carboxylic acids is 2. The molecular weight excluding hydrogens is 435 g/mol. The highest BCUT2D eigenvalue weighted by Gasteiger charge is 2.45. The van der Waals surface area contributed by atoms with Crippen molar-refractivity contribution in [2.45, 2.75) is 30.8 Å². The lowest BCUT2D eigenvalue weighted by atomic mass is 10.0. The summed E-state index contributed by atoms with van der Waals surface area (Å²) in [5, 5.41) is 23.3. The second kappa shape index (κ2) is 8.77. The van der Waals surface area contributed by atoms with E-state index >= 15 is 0 Å². The molecule has 0 bridgehead atoms. The SMILES string of the molecule is N#CC1(NC(=O)[C@H](Cc2cccc(Cl)c2)NC(=O)c2cnn(-c3ccc(F)cc3)n2)CC1. The maximum atomic E-state index is 13.1. The van der Waals surface area contributed by atoms with Crippen LogP contribution >= 0.6 is 11.6 Å². The van der Waals surface area contributed by atoms with Crippen LogP contribution in [0.2, 0.25) is 5.02 Å². The van der Waals surface area contributed by atoms with Crippen LogP contribution in [0.25, 0.3) is 5.69 Å². The number of carbonyl (C=O) groups is 2. The molecule has 0 radical (unpaired) electrons. The van der Waals surface area contributed by atoms with E-state index in [4.69, 9.17) is 11.6 Å². The summed E-state index contributed by atoms with van der Waals surface area (Å²) < 4.78 is 13.1. The molecule has 2 amide bonds. The van der Waals surface area contributed by atoms with Gasteiger partial charge in [-0.2, -0.15) is 15.2 Å². The van der Waals surface area contributed by atoms with Gasteiger partial charge in [-0.1, -0.05) is 23.7 Å². The molecule has 0 saturated heterocycles. The topological polar surface area (TPSA) is 113 Å². The van der Waals surface area contributed by atoms with Gasteiger partial charge in [0.2, 0.25) is 5.91 Å². The summed E-state index contributed by atoms with van der Waals surface area (Å²) in [7, 11) is 0. The average Bonchev–Trinajstić information content (AvgIpc) is 3.37. The van der Waals surface area contributed by atoms with E-state index in [2.05, 4.69) is 26.9 Å². The van der Waals surface area contributed by atoms with Crippen LogP contribution in [0.3, 0.4) is 0 Å². The Morgan fingerprint density at radius 2 is 2.00 bits per heavy atom. The molecule has 1 heterocycles. The molecule has 0 spiro atoms. The Labute approximate surface area is 188 Å². The lowest BCUT2D eigenvalue weighted by Gasteiger charge is -2.20. The third kappa shape index (κ3) is 4.92. The largest absolute Gasteiger partial charge is 0.338 e. The van der Waals surface area contributed by atoms with Crippen LogP contribution in [0.15, 0.2) is 54.7 Å². The summed E-state index contributed by atoms with van der Waals surface area (Å²) in [6.07, 6.45) is 2.56. The number of nitrogens with one attached hydrogen (secondary N) is 2. The number of rotatable bonds is 7. The highest BCUT2D eigenvalue weighted by molar-refractivity contribution is 6.30. The van der Waals surface area contributed by atoms with Crippen molar-refractivity contribution in [3.05, 3.63) is 76.8 Å². The molecule has 1 atom stereocenters. The molecule has 0 unspecified atom stereocenters. The van der Waals surface area contributed by atoms with E-state index in [1.807, 2.05) is 0 Å². The van der Waals surface area contributed by atoms with E-state index in [0.29, 0.717) is 23.6 Å². The first-order valence-electron chi connectivity index (χ1n) is 9.84. The Hall–Kier alpha value is -3.77. The lowest BCUT2D eigenvalue weighted by Crippen LogP contribution is -2.51. The van der Waals surface area contributed by atoms with Crippen molar-refractivity contribution < 1.29 is 14.0 Å². The normalized spacial score (nSPS) is 14.8. The molecule has 2 aromatic carbocycles. The van der Waals surface area contributed by atoms with Crippen molar-refractivity contribution >= 4 is 23.4 Å². The first-order valence-corrected chi connectivity index (χ1v) is 10.2. The van der Waals surface area contributed by atoms with E-state index in [1.54, 1.807) is 24.3 Å². The zero-order valence-electron chi connectivity index (χ0n) is 16.8.